The summed E-state index contributed by atoms with van der Waals surface area (Å²) in [5, 5.41) is 0.171. The Labute approximate surface area is 197 Å². The van der Waals surface area contributed by atoms with Gasteiger partial charge in [-0.15, -0.1) is 0 Å². The fraction of sp³-hybridized carbons (Fsp3) is 0.429. The van der Waals surface area contributed by atoms with Gasteiger partial charge in [0.05, 0.1) is 24.3 Å². The fourth-order valence-corrected chi connectivity index (χ4v) is 5.69. The molecule has 0 fully saturated rings. The number of hydrogen-bond acceptors (Lipinski definition) is 6. The number of benzene rings is 1. The van der Waals surface area contributed by atoms with Gasteiger partial charge in [-0.25, -0.2) is 13.2 Å². The van der Waals surface area contributed by atoms with E-state index in [-0.39, 0.29) is 46.0 Å². The molecule has 1 atom stereocenters. The quantitative estimate of drug-likeness (QED) is 0.386. The molecule has 176 valence electrons. The number of esters is 1. The predicted octanol–water partition coefficient (Wildman–Crippen LogP) is 4.02. The number of carbonyl (C=O) groups is 2. The van der Waals surface area contributed by atoms with Crippen molar-refractivity contribution in [2.45, 2.75) is 38.6 Å². The van der Waals surface area contributed by atoms with Gasteiger partial charge in [-0.2, -0.15) is 4.31 Å². The van der Waals surface area contributed by atoms with E-state index in [9.17, 15) is 18.0 Å². The van der Waals surface area contributed by atoms with Gasteiger partial charge in [0.15, 0.2) is 5.78 Å². The molecule has 1 unspecified atom stereocenters. The third-order valence-electron chi connectivity index (χ3n) is 4.97. The van der Waals surface area contributed by atoms with Crippen molar-refractivity contribution in [2.75, 3.05) is 26.9 Å². The molecule has 1 aromatic carbocycles. The first-order chi connectivity index (χ1) is 15.0. The number of hydrogen-bond donors (Lipinski definition) is 1. The zero-order valence-corrected chi connectivity index (χ0v) is 20.8. The molecule has 1 N–H and O–H groups in total. The molecule has 0 saturated carbocycles. The van der Waals surface area contributed by atoms with Crippen LogP contribution in [-0.2, 0) is 19.5 Å². The first kappa shape index (κ1) is 26.3. The van der Waals surface area contributed by atoms with E-state index in [0.29, 0.717) is 11.3 Å². The van der Waals surface area contributed by atoms with E-state index in [1.807, 2.05) is 0 Å². The van der Waals surface area contributed by atoms with Crippen molar-refractivity contribution in [3.63, 3.8) is 0 Å². The minimum Gasteiger partial charge on any atom is -0.461 e. The van der Waals surface area contributed by atoms with Crippen LogP contribution in [-0.4, -0.2) is 62.4 Å². The van der Waals surface area contributed by atoms with Crippen LogP contribution in [0.4, 0.5) is 0 Å². The minimum atomic E-state index is -4.21. The first-order valence-electron chi connectivity index (χ1n) is 9.83. The number of aromatic nitrogens is 1. The Kier molecular flexibility index (Phi) is 8.90. The highest BCUT2D eigenvalue weighted by atomic mass is 35.5. The highest BCUT2D eigenvalue weighted by Crippen LogP contribution is 2.30. The number of aromatic amines is 1. The molecule has 8 nitrogen and oxygen atoms in total. The van der Waals surface area contributed by atoms with E-state index in [1.54, 1.807) is 20.8 Å². The Morgan fingerprint density at radius 2 is 1.88 bits per heavy atom. The van der Waals surface area contributed by atoms with Gasteiger partial charge >= 0.3 is 5.97 Å². The van der Waals surface area contributed by atoms with Gasteiger partial charge in [0, 0.05) is 29.9 Å². The van der Waals surface area contributed by atoms with Crippen molar-refractivity contribution < 1.29 is 27.5 Å². The summed E-state index contributed by atoms with van der Waals surface area (Å²) in [6.07, 6.45) is 0. The Morgan fingerprint density at radius 1 is 1.22 bits per heavy atom. The maximum absolute atomic E-state index is 13.5. The van der Waals surface area contributed by atoms with Crippen LogP contribution in [0.25, 0.3) is 0 Å². The van der Waals surface area contributed by atoms with Crippen LogP contribution >= 0.6 is 23.2 Å². The molecule has 1 heterocycles. The topological polar surface area (TPSA) is 106 Å². The Morgan fingerprint density at radius 3 is 2.47 bits per heavy atom. The lowest BCUT2D eigenvalue weighted by Gasteiger charge is -2.28. The molecule has 32 heavy (non-hydrogen) atoms. The fourth-order valence-electron chi connectivity index (χ4n) is 3.37. The van der Waals surface area contributed by atoms with Crippen LogP contribution in [0, 0.1) is 13.8 Å². The number of rotatable bonds is 10. The Balaban J connectivity index is 2.52. The molecular formula is C21H26Cl2N2O6S. The van der Waals surface area contributed by atoms with E-state index in [1.165, 1.54) is 32.2 Å². The molecule has 2 aromatic rings. The van der Waals surface area contributed by atoms with E-state index in [2.05, 4.69) is 4.98 Å². The summed E-state index contributed by atoms with van der Waals surface area (Å²) in [5.41, 5.74) is 1.22. The van der Waals surface area contributed by atoms with Gasteiger partial charge in [0.1, 0.15) is 10.6 Å². The summed E-state index contributed by atoms with van der Waals surface area (Å²) in [5.74, 6) is -1.07. The van der Waals surface area contributed by atoms with Crippen molar-refractivity contribution in [3.05, 3.63) is 50.8 Å². The predicted molar refractivity (Wildman–Crippen MR) is 122 cm³/mol. The molecule has 11 heteroatoms. The lowest BCUT2D eigenvalue weighted by atomic mass is 10.0. The summed E-state index contributed by atoms with van der Waals surface area (Å²) in [4.78, 5) is 28.3. The van der Waals surface area contributed by atoms with Crippen LogP contribution in [0.2, 0.25) is 10.0 Å². The summed E-state index contributed by atoms with van der Waals surface area (Å²) >= 11 is 12.1. The number of H-pyrrole nitrogens is 1. The van der Waals surface area contributed by atoms with E-state index in [4.69, 9.17) is 32.7 Å². The van der Waals surface area contributed by atoms with Crippen molar-refractivity contribution >= 4 is 45.0 Å². The van der Waals surface area contributed by atoms with Crippen LogP contribution in [0.15, 0.2) is 23.1 Å². The molecule has 0 radical (unpaired) electrons. The van der Waals surface area contributed by atoms with Crippen molar-refractivity contribution in [1.82, 2.24) is 9.29 Å². The number of nitrogens with one attached hydrogen (secondary N) is 1. The van der Waals surface area contributed by atoms with Crippen molar-refractivity contribution in [2.24, 2.45) is 0 Å². The number of aryl methyl sites for hydroxylation is 1. The molecular weight excluding hydrogens is 479 g/mol. The molecule has 0 aliphatic rings. The largest absolute Gasteiger partial charge is 0.461 e. The standard InChI is InChI=1S/C21H26Cl2N2O6S/c1-6-31-21(27)19-12(2)18(13(3)24-19)20(26)14(4)25(9-10-30-5)32(28,29)17-11-15(22)7-8-16(17)23/h7-8,11,14,24H,6,9-10H2,1-5H3. The van der Waals surface area contributed by atoms with Gasteiger partial charge in [0.25, 0.3) is 0 Å². The number of Topliss-reactive ketones (excluding diaryl/α,β-unsaturated/α-hetero) is 1. The molecule has 0 amide bonds. The third kappa shape index (κ3) is 5.35. The SMILES string of the molecule is CCOC(=O)c1[nH]c(C)c(C(=O)C(C)N(CCOC)S(=O)(=O)c2cc(Cl)ccc2Cl)c1C. The second kappa shape index (κ2) is 10.8. The molecule has 0 aliphatic carbocycles. The van der Waals surface area contributed by atoms with Crippen LogP contribution < -0.4 is 0 Å². The summed E-state index contributed by atoms with van der Waals surface area (Å²) in [6.45, 7) is 6.53. The highest BCUT2D eigenvalue weighted by molar-refractivity contribution is 7.89. The smallest absolute Gasteiger partial charge is 0.355 e. The number of ether oxygens (including phenoxy) is 2. The maximum Gasteiger partial charge on any atom is 0.355 e. The maximum atomic E-state index is 13.5. The number of carbonyl (C=O) groups excluding carboxylic acids is 2. The van der Waals surface area contributed by atoms with E-state index in [0.717, 1.165) is 4.31 Å². The second-order valence-corrected chi connectivity index (χ2v) is 9.77. The van der Waals surface area contributed by atoms with Crippen molar-refractivity contribution in [3.8, 4) is 0 Å². The number of nitrogens with zero attached hydrogens (tertiary/aromatic N) is 1. The first-order valence-corrected chi connectivity index (χ1v) is 12.0. The van der Waals surface area contributed by atoms with Gasteiger partial charge in [-0.1, -0.05) is 23.2 Å². The molecule has 1 aromatic heterocycles. The Hall–Kier alpha value is -1.91. The lowest BCUT2D eigenvalue weighted by Crippen LogP contribution is -2.45. The van der Waals surface area contributed by atoms with Gasteiger partial charge in [0.2, 0.25) is 10.0 Å². The van der Waals surface area contributed by atoms with Gasteiger partial charge < -0.3 is 14.5 Å². The number of ketones is 1. The lowest BCUT2D eigenvalue weighted by molar-refractivity contribution is 0.0519. The molecule has 2 rings (SSSR count). The molecule has 0 bridgehead atoms. The Bertz CT molecular complexity index is 1110. The average molecular weight is 505 g/mol. The second-order valence-electron chi connectivity index (χ2n) is 7.07. The number of sulfonamides is 1. The molecule has 0 spiro atoms. The molecule has 0 aliphatic heterocycles. The van der Waals surface area contributed by atoms with E-state index >= 15 is 0 Å². The average Bonchev–Trinajstić information content (AvgIpc) is 3.03. The monoisotopic (exact) mass is 504 g/mol. The zero-order chi connectivity index (χ0) is 24.2. The summed E-state index contributed by atoms with van der Waals surface area (Å²) in [7, 11) is -2.78. The zero-order valence-electron chi connectivity index (χ0n) is 18.5. The number of methoxy groups -OCH3 is 1. The summed E-state index contributed by atoms with van der Waals surface area (Å²) < 4.78 is 38.0. The van der Waals surface area contributed by atoms with Crippen LogP contribution in [0.1, 0.15) is 46.0 Å². The third-order valence-corrected chi connectivity index (χ3v) is 7.66. The molecule has 0 saturated heterocycles. The number of halogens is 2. The summed E-state index contributed by atoms with van der Waals surface area (Å²) in [6, 6.07) is 2.97. The highest BCUT2D eigenvalue weighted by Gasteiger charge is 2.36. The van der Waals surface area contributed by atoms with E-state index < -0.39 is 27.8 Å². The van der Waals surface area contributed by atoms with Crippen LogP contribution in [0.5, 0.6) is 0 Å². The minimum absolute atomic E-state index is 0.0185. The van der Waals surface area contributed by atoms with Gasteiger partial charge in [-0.3, -0.25) is 4.79 Å². The van der Waals surface area contributed by atoms with Crippen molar-refractivity contribution in [1.29, 1.82) is 0 Å². The normalized spacial score (nSPS) is 12.8. The van der Waals surface area contributed by atoms with Gasteiger partial charge in [-0.05, 0) is 51.5 Å². The van der Waals surface area contributed by atoms with Crippen LogP contribution in [0.3, 0.4) is 0 Å².